The maximum absolute atomic E-state index is 10.5. The lowest BCUT2D eigenvalue weighted by atomic mass is 9.82. The molecule has 0 spiro atoms. The van der Waals surface area contributed by atoms with Gasteiger partial charge in [0.1, 0.15) is 0 Å². The van der Waals surface area contributed by atoms with Crippen LogP contribution in [0.3, 0.4) is 0 Å². The highest BCUT2D eigenvalue weighted by molar-refractivity contribution is 5.32. The number of hydrogen-bond acceptors (Lipinski definition) is 2. The van der Waals surface area contributed by atoms with Crippen LogP contribution >= 0.6 is 0 Å². The molecule has 17 heavy (non-hydrogen) atoms. The van der Waals surface area contributed by atoms with Crippen molar-refractivity contribution in [3.63, 3.8) is 0 Å². The summed E-state index contributed by atoms with van der Waals surface area (Å²) >= 11 is 0. The largest absolute Gasteiger partial charge is 0.388 e. The van der Waals surface area contributed by atoms with Gasteiger partial charge in [-0.2, -0.15) is 0 Å². The van der Waals surface area contributed by atoms with Crippen LogP contribution in [0.5, 0.6) is 0 Å². The molecule has 96 valence electrons. The molecule has 1 rings (SSSR count). The van der Waals surface area contributed by atoms with E-state index >= 15 is 0 Å². The number of benzene rings is 1. The lowest BCUT2D eigenvalue weighted by molar-refractivity contribution is 0.0608. The van der Waals surface area contributed by atoms with Gasteiger partial charge in [-0.05, 0) is 37.6 Å². The van der Waals surface area contributed by atoms with E-state index in [1.807, 2.05) is 18.2 Å². The molecule has 0 saturated heterocycles. The highest BCUT2D eigenvalue weighted by atomic mass is 16.3. The molecular weight excluding hydrogens is 210 g/mol. The number of hydrogen-bond donors (Lipinski definition) is 1. The van der Waals surface area contributed by atoms with Gasteiger partial charge in [-0.3, -0.25) is 0 Å². The Labute approximate surface area is 105 Å². The van der Waals surface area contributed by atoms with Gasteiger partial charge in [0.2, 0.25) is 0 Å². The van der Waals surface area contributed by atoms with Crippen LogP contribution in [0.2, 0.25) is 0 Å². The minimum Gasteiger partial charge on any atom is -0.388 e. The molecule has 0 aromatic heterocycles. The molecule has 0 saturated carbocycles. The zero-order chi connectivity index (χ0) is 13.2. The molecule has 2 atom stereocenters. The molecule has 1 N–H and O–H groups in total. The van der Waals surface area contributed by atoms with E-state index in [-0.39, 0.29) is 5.41 Å². The Kier molecular flexibility index (Phi) is 4.34. The second-order valence-corrected chi connectivity index (χ2v) is 6.04. The summed E-state index contributed by atoms with van der Waals surface area (Å²) in [7, 11) is 4.12. The third kappa shape index (κ3) is 3.30. The highest BCUT2D eigenvalue weighted by Gasteiger charge is 2.27. The maximum atomic E-state index is 10.5. The molecule has 0 fully saturated rings. The minimum atomic E-state index is -0.430. The normalized spacial score (nSPS) is 16.0. The van der Waals surface area contributed by atoms with Crippen LogP contribution in [0.1, 0.15) is 51.0 Å². The zero-order valence-electron chi connectivity index (χ0n) is 11.9. The van der Waals surface area contributed by atoms with Crippen LogP contribution in [-0.2, 0) is 0 Å². The Bertz CT molecular complexity index is 365. The summed E-state index contributed by atoms with van der Waals surface area (Å²) in [5, 5.41) is 10.5. The van der Waals surface area contributed by atoms with Gasteiger partial charge in [0.05, 0.1) is 6.10 Å². The van der Waals surface area contributed by atoms with Crippen molar-refractivity contribution >= 4 is 0 Å². The Morgan fingerprint density at radius 1 is 1.06 bits per heavy atom. The fraction of sp³-hybridized carbons (Fsp3) is 0.600. The second kappa shape index (κ2) is 5.19. The molecule has 0 amide bonds. The Morgan fingerprint density at radius 3 is 1.94 bits per heavy atom. The van der Waals surface area contributed by atoms with Crippen molar-refractivity contribution in [2.24, 2.45) is 5.41 Å². The van der Waals surface area contributed by atoms with Crippen molar-refractivity contribution in [3.8, 4) is 0 Å². The molecule has 0 radical (unpaired) electrons. The smallest absolute Gasteiger partial charge is 0.0841 e. The zero-order valence-corrected chi connectivity index (χ0v) is 11.9. The molecule has 2 heteroatoms. The molecule has 0 bridgehead atoms. The number of rotatable bonds is 3. The standard InChI is InChI=1S/C15H25NO/c1-11(16(5)6)12-9-7-8-10-13(12)14(17)15(2,3)4/h7-11,14,17H,1-6H3/t11-,14+/m1/s1. The first kappa shape index (κ1) is 14.2. The number of aliphatic hydroxyl groups is 1. The minimum absolute atomic E-state index is 0.137. The first-order valence-corrected chi connectivity index (χ1v) is 6.18. The first-order chi connectivity index (χ1) is 7.75. The van der Waals surface area contributed by atoms with Crippen LogP contribution in [0, 0.1) is 5.41 Å². The van der Waals surface area contributed by atoms with Gasteiger partial charge in [-0.15, -0.1) is 0 Å². The fourth-order valence-corrected chi connectivity index (χ4v) is 1.89. The number of nitrogens with zero attached hydrogens (tertiary/aromatic N) is 1. The van der Waals surface area contributed by atoms with Crippen molar-refractivity contribution in [3.05, 3.63) is 35.4 Å². The molecule has 0 unspecified atom stereocenters. The average Bonchev–Trinajstić information content (AvgIpc) is 2.25. The molecule has 2 nitrogen and oxygen atoms in total. The van der Waals surface area contributed by atoms with E-state index in [1.165, 1.54) is 5.56 Å². The Morgan fingerprint density at radius 2 is 1.53 bits per heavy atom. The van der Waals surface area contributed by atoms with E-state index in [2.05, 4.69) is 52.8 Å². The summed E-state index contributed by atoms with van der Waals surface area (Å²) < 4.78 is 0. The van der Waals surface area contributed by atoms with Crippen molar-refractivity contribution in [1.82, 2.24) is 4.90 Å². The summed E-state index contributed by atoms with van der Waals surface area (Å²) in [6, 6.07) is 8.48. The molecule has 1 aromatic carbocycles. The van der Waals surface area contributed by atoms with Crippen LogP contribution in [0.25, 0.3) is 0 Å². The van der Waals surface area contributed by atoms with E-state index in [9.17, 15) is 5.11 Å². The lowest BCUT2D eigenvalue weighted by Crippen LogP contribution is -2.23. The summed E-state index contributed by atoms with van der Waals surface area (Å²) in [4.78, 5) is 2.16. The van der Waals surface area contributed by atoms with E-state index in [0.717, 1.165) is 5.56 Å². The quantitative estimate of drug-likeness (QED) is 0.868. The molecule has 0 aliphatic heterocycles. The predicted molar refractivity (Wildman–Crippen MR) is 73.0 cm³/mol. The molecule has 0 heterocycles. The first-order valence-electron chi connectivity index (χ1n) is 6.18. The lowest BCUT2D eigenvalue weighted by Gasteiger charge is -2.31. The van der Waals surface area contributed by atoms with Crippen LogP contribution in [0.4, 0.5) is 0 Å². The summed E-state index contributed by atoms with van der Waals surface area (Å²) in [5.41, 5.74) is 2.11. The van der Waals surface area contributed by atoms with Crippen molar-refractivity contribution in [1.29, 1.82) is 0 Å². The van der Waals surface area contributed by atoms with E-state index in [0.29, 0.717) is 6.04 Å². The van der Waals surface area contributed by atoms with Gasteiger partial charge in [0.15, 0.2) is 0 Å². The second-order valence-electron chi connectivity index (χ2n) is 6.04. The van der Waals surface area contributed by atoms with Crippen molar-refractivity contribution in [2.75, 3.05) is 14.1 Å². The monoisotopic (exact) mass is 235 g/mol. The van der Waals surface area contributed by atoms with E-state index in [4.69, 9.17) is 0 Å². The topological polar surface area (TPSA) is 23.5 Å². The Balaban J connectivity index is 3.17. The van der Waals surface area contributed by atoms with Gasteiger partial charge in [0.25, 0.3) is 0 Å². The summed E-state index contributed by atoms with van der Waals surface area (Å²) in [6.45, 7) is 8.35. The predicted octanol–water partition coefficient (Wildman–Crippen LogP) is 3.39. The summed E-state index contributed by atoms with van der Waals surface area (Å²) in [5.74, 6) is 0. The average molecular weight is 235 g/mol. The van der Waals surface area contributed by atoms with Crippen LogP contribution in [-0.4, -0.2) is 24.1 Å². The van der Waals surface area contributed by atoms with Gasteiger partial charge >= 0.3 is 0 Å². The fourth-order valence-electron chi connectivity index (χ4n) is 1.89. The van der Waals surface area contributed by atoms with Gasteiger partial charge in [-0.25, -0.2) is 0 Å². The van der Waals surface area contributed by atoms with E-state index in [1.54, 1.807) is 0 Å². The maximum Gasteiger partial charge on any atom is 0.0841 e. The highest BCUT2D eigenvalue weighted by Crippen LogP contribution is 2.36. The third-order valence-electron chi connectivity index (χ3n) is 3.34. The molecule has 0 aliphatic carbocycles. The third-order valence-corrected chi connectivity index (χ3v) is 3.34. The molecular formula is C15H25NO. The van der Waals surface area contributed by atoms with Gasteiger partial charge in [0, 0.05) is 6.04 Å². The van der Waals surface area contributed by atoms with Gasteiger partial charge in [-0.1, -0.05) is 45.0 Å². The summed E-state index contributed by atoms with van der Waals surface area (Å²) in [6.07, 6.45) is -0.430. The SMILES string of the molecule is C[C@H](c1ccccc1[C@H](O)C(C)(C)C)N(C)C. The number of aliphatic hydroxyl groups excluding tert-OH is 1. The molecule has 1 aromatic rings. The van der Waals surface area contributed by atoms with Crippen molar-refractivity contribution in [2.45, 2.75) is 39.8 Å². The van der Waals surface area contributed by atoms with Crippen LogP contribution in [0.15, 0.2) is 24.3 Å². The van der Waals surface area contributed by atoms with Gasteiger partial charge < -0.3 is 10.0 Å². The van der Waals surface area contributed by atoms with Crippen LogP contribution < -0.4 is 0 Å². The Hall–Kier alpha value is -0.860. The van der Waals surface area contributed by atoms with Crippen molar-refractivity contribution < 1.29 is 5.11 Å². The molecule has 0 aliphatic rings. The van der Waals surface area contributed by atoms with E-state index < -0.39 is 6.10 Å².